The van der Waals surface area contributed by atoms with Crippen molar-refractivity contribution >= 4 is 11.6 Å². The molecule has 0 aliphatic heterocycles. The summed E-state index contributed by atoms with van der Waals surface area (Å²) in [5, 5.41) is 3.10. The third-order valence-electron chi connectivity index (χ3n) is 5.12. The molecule has 1 N–H and O–H groups in total. The summed E-state index contributed by atoms with van der Waals surface area (Å²) in [6.07, 6.45) is 5.03. The maximum Gasteiger partial charge on any atom is 0.236 e. The molecule has 0 spiro atoms. The zero-order valence-electron chi connectivity index (χ0n) is 15.0. The van der Waals surface area contributed by atoms with E-state index in [9.17, 15) is 4.79 Å². The number of fused-ring (bicyclic) bond motifs is 3. The zero-order valence-corrected chi connectivity index (χ0v) is 15.0. The van der Waals surface area contributed by atoms with Gasteiger partial charge >= 0.3 is 0 Å². The van der Waals surface area contributed by atoms with E-state index in [1.807, 2.05) is 60.7 Å². The molecule has 1 amide bonds. The highest BCUT2D eigenvalue weighted by molar-refractivity contribution is 6.03. The van der Waals surface area contributed by atoms with Gasteiger partial charge in [0.1, 0.15) is 6.33 Å². The van der Waals surface area contributed by atoms with Gasteiger partial charge in [0.25, 0.3) is 0 Å². The van der Waals surface area contributed by atoms with Gasteiger partial charge in [0, 0.05) is 23.6 Å². The van der Waals surface area contributed by atoms with Crippen LogP contribution in [-0.4, -0.2) is 15.9 Å². The van der Waals surface area contributed by atoms with E-state index in [0.29, 0.717) is 0 Å². The van der Waals surface area contributed by atoms with E-state index in [-0.39, 0.29) is 11.8 Å². The molecule has 1 aromatic heterocycles. The number of hydrogen-bond donors (Lipinski definition) is 1. The average molecular weight is 363 g/mol. The van der Waals surface area contributed by atoms with Crippen LogP contribution < -0.4 is 5.32 Å². The van der Waals surface area contributed by atoms with Crippen molar-refractivity contribution in [3.05, 3.63) is 103 Å². The predicted molar refractivity (Wildman–Crippen MR) is 110 cm³/mol. The molecular weight excluding hydrogens is 346 g/mol. The van der Waals surface area contributed by atoms with E-state index in [2.05, 4.69) is 27.4 Å². The molecule has 1 aliphatic rings. The van der Waals surface area contributed by atoms with Crippen LogP contribution in [0.4, 0.5) is 5.69 Å². The van der Waals surface area contributed by atoms with Gasteiger partial charge in [-0.05, 0) is 39.9 Å². The number of carbonyl (C=O) groups is 1. The monoisotopic (exact) mass is 363 g/mol. The molecular formula is C24H17N3O. The molecule has 0 radical (unpaired) electrons. The van der Waals surface area contributed by atoms with Gasteiger partial charge in [-0.1, -0.05) is 60.7 Å². The van der Waals surface area contributed by atoms with E-state index in [0.717, 1.165) is 39.1 Å². The molecule has 1 aliphatic carbocycles. The van der Waals surface area contributed by atoms with Crippen LogP contribution >= 0.6 is 0 Å². The number of benzene rings is 3. The summed E-state index contributed by atoms with van der Waals surface area (Å²) in [6.45, 7) is 0. The number of aromatic nitrogens is 2. The van der Waals surface area contributed by atoms with Crippen molar-refractivity contribution in [2.24, 2.45) is 0 Å². The van der Waals surface area contributed by atoms with Crippen molar-refractivity contribution in [3.63, 3.8) is 0 Å². The number of nitrogens with one attached hydrogen (secondary N) is 1. The largest absolute Gasteiger partial charge is 0.325 e. The summed E-state index contributed by atoms with van der Waals surface area (Å²) in [5.74, 6) is -0.338. The third kappa shape index (κ3) is 2.76. The topological polar surface area (TPSA) is 54.9 Å². The van der Waals surface area contributed by atoms with Gasteiger partial charge < -0.3 is 5.32 Å². The first-order valence-electron chi connectivity index (χ1n) is 9.16. The Morgan fingerprint density at radius 1 is 0.750 bits per heavy atom. The van der Waals surface area contributed by atoms with E-state index < -0.39 is 0 Å². The standard InChI is InChI=1S/C24H17N3O/c28-24(27-18-7-5-6-16(12-18)17-13-25-15-26-14-17)23-21-10-3-1-8-19(21)20-9-2-4-11-22(20)23/h1-15,23H,(H,27,28). The first-order chi connectivity index (χ1) is 13.8. The second kappa shape index (κ2) is 6.74. The van der Waals surface area contributed by atoms with Gasteiger partial charge in [0.15, 0.2) is 0 Å². The minimum Gasteiger partial charge on any atom is -0.325 e. The van der Waals surface area contributed by atoms with Crippen LogP contribution in [-0.2, 0) is 4.79 Å². The van der Waals surface area contributed by atoms with Gasteiger partial charge in [-0.25, -0.2) is 9.97 Å². The van der Waals surface area contributed by atoms with Gasteiger partial charge in [-0.15, -0.1) is 0 Å². The highest BCUT2D eigenvalue weighted by Gasteiger charge is 2.33. The molecule has 4 aromatic rings. The normalized spacial score (nSPS) is 12.3. The summed E-state index contributed by atoms with van der Waals surface area (Å²) < 4.78 is 0. The molecule has 0 unspecified atom stereocenters. The Balaban J connectivity index is 1.48. The highest BCUT2D eigenvalue weighted by atomic mass is 16.1. The molecule has 0 bridgehead atoms. The lowest BCUT2D eigenvalue weighted by atomic mass is 9.96. The fourth-order valence-corrected chi connectivity index (χ4v) is 3.88. The summed E-state index contributed by atoms with van der Waals surface area (Å²) >= 11 is 0. The van der Waals surface area contributed by atoms with Gasteiger partial charge in [-0.3, -0.25) is 4.79 Å². The van der Waals surface area contributed by atoms with Crippen LogP contribution in [0.25, 0.3) is 22.3 Å². The van der Waals surface area contributed by atoms with Crippen LogP contribution in [0.1, 0.15) is 17.0 Å². The second-order valence-corrected chi connectivity index (χ2v) is 6.80. The molecule has 5 rings (SSSR count). The zero-order chi connectivity index (χ0) is 18.9. The van der Waals surface area contributed by atoms with Crippen molar-refractivity contribution in [1.29, 1.82) is 0 Å². The maximum atomic E-state index is 13.3. The van der Waals surface area contributed by atoms with Crippen LogP contribution in [0.15, 0.2) is 91.5 Å². The average Bonchev–Trinajstić information content (AvgIpc) is 3.09. The summed E-state index contributed by atoms with van der Waals surface area (Å²) in [5.41, 5.74) is 7.00. The quantitative estimate of drug-likeness (QED) is 0.563. The molecule has 4 heteroatoms. The van der Waals surface area contributed by atoms with Crippen molar-refractivity contribution in [3.8, 4) is 22.3 Å². The Morgan fingerprint density at radius 3 is 2.07 bits per heavy atom. The SMILES string of the molecule is O=C(Nc1cccc(-c2cncnc2)c1)C1c2ccccc2-c2ccccc21. The number of nitrogens with zero attached hydrogens (tertiary/aromatic N) is 2. The Hall–Kier alpha value is -3.79. The minimum absolute atomic E-state index is 0.0288. The van der Waals surface area contributed by atoms with Crippen molar-refractivity contribution in [1.82, 2.24) is 9.97 Å². The Morgan fingerprint density at radius 2 is 1.39 bits per heavy atom. The molecule has 3 aromatic carbocycles. The van der Waals surface area contributed by atoms with Gasteiger partial charge in [0.05, 0.1) is 5.92 Å². The number of anilines is 1. The van der Waals surface area contributed by atoms with E-state index in [1.165, 1.54) is 6.33 Å². The summed E-state index contributed by atoms with van der Waals surface area (Å²) in [4.78, 5) is 21.4. The molecule has 0 saturated heterocycles. The number of carbonyl (C=O) groups excluding carboxylic acids is 1. The van der Waals surface area contributed by atoms with Crippen LogP contribution in [0.3, 0.4) is 0 Å². The molecule has 0 atom stereocenters. The minimum atomic E-state index is -0.309. The Kier molecular flexibility index (Phi) is 3.95. The first-order valence-corrected chi connectivity index (χ1v) is 9.16. The lowest BCUT2D eigenvalue weighted by Crippen LogP contribution is -2.20. The lowest BCUT2D eigenvalue weighted by molar-refractivity contribution is -0.116. The van der Waals surface area contributed by atoms with E-state index in [1.54, 1.807) is 12.4 Å². The van der Waals surface area contributed by atoms with Crippen LogP contribution in [0.2, 0.25) is 0 Å². The second-order valence-electron chi connectivity index (χ2n) is 6.80. The molecule has 0 saturated carbocycles. The van der Waals surface area contributed by atoms with Crippen LogP contribution in [0.5, 0.6) is 0 Å². The van der Waals surface area contributed by atoms with E-state index in [4.69, 9.17) is 0 Å². The van der Waals surface area contributed by atoms with Crippen molar-refractivity contribution < 1.29 is 4.79 Å². The highest BCUT2D eigenvalue weighted by Crippen LogP contribution is 2.44. The third-order valence-corrected chi connectivity index (χ3v) is 5.12. The number of rotatable bonds is 3. The first kappa shape index (κ1) is 16.4. The summed E-state index contributed by atoms with van der Waals surface area (Å²) in [6, 6.07) is 24.0. The van der Waals surface area contributed by atoms with Gasteiger partial charge in [0.2, 0.25) is 5.91 Å². The number of hydrogen-bond acceptors (Lipinski definition) is 3. The van der Waals surface area contributed by atoms with Crippen molar-refractivity contribution in [2.45, 2.75) is 5.92 Å². The Bertz CT molecular complexity index is 1130. The maximum absolute atomic E-state index is 13.3. The van der Waals surface area contributed by atoms with Gasteiger partial charge in [-0.2, -0.15) is 0 Å². The molecule has 4 nitrogen and oxygen atoms in total. The molecule has 1 heterocycles. The summed E-state index contributed by atoms with van der Waals surface area (Å²) in [7, 11) is 0. The lowest BCUT2D eigenvalue weighted by Gasteiger charge is -2.14. The smallest absolute Gasteiger partial charge is 0.236 e. The predicted octanol–water partition coefficient (Wildman–Crippen LogP) is 4.89. The van der Waals surface area contributed by atoms with E-state index >= 15 is 0 Å². The van der Waals surface area contributed by atoms with Crippen molar-refractivity contribution in [2.75, 3.05) is 5.32 Å². The fourth-order valence-electron chi connectivity index (χ4n) is 3.88. The molecule has 0 fully saturated rings. The number of amides is 1. The molecule has 134 valence electrons. The van der Waals surface area contributed by atoms with Crippen LogP contribution in [0, 0.1) is 0 Å². The Labute approximate surface area is 162 Å². The fraction of sp³-hybridized carbons (Fsp3) is 0.0417. The molecule has 28 heavy (non-hydrogen) atoms.